The molecule has 0 spiro atoms. The number of hydrogen-bond acceptors (Lipinski definition) is 4. The minimum absolute atomic E-state index is 0.134. The standard InChI is InChI=1S/C12H24O3S/c1-10(2)5-7-15-12(3,4)6-8-14-11(13)9-16/h10,16H,5-9H2,1-4H3. The van der Waals surface area contributed by atoms with Crippen molar-refractivity contribution in [1.82, 2.24) is 0 Å². The molecular weight excluding hydrogens is 224 g/mol. The van der Waals surface area contributed by atoms with Crippen LogP contribution in [0.25, 0.3) is 0 Å². The van der Waals surface area contributed by atoms with E-state index >= 15 is 0 Å². The number of ether oxygens (including phenoxy) is 2. The van der Waals surface area contributed by atoms with Crippen LogP contribution in [0.4, 0.5) is 0 Å². The van der Waals surface area contributed by atoms with Crippen molar-refractivity contribution in [1.29, 1.82) is 0 Å². The number of carbonyl (C=O) groups is 1. The Hall–Kier alpha value is -0.220. The van der Waals surface area contributed by atoms with Crippen molar-refractivity contribution in [3.05, 3.63) is 0 Å². The Morgan fingerprint density at radius 3 is 2.44 bits per heavy atom. The van der Waals surface area contributed by atoms with Crippen LogP contribution in [0.5, 0.6) is 0 Å². The molecule has 0 saturated heterocycles. The minimum atomic E-state index is -0.277. The summed E-state index contributed by atoms with van der Waals surface area (Å²) in [5.74, 6) is 0.508. The van der Waals surface area contributed by atoms with Gasteiger partial charge in [0.25, 0.3) is 0 Å². The molecule has 0 fully saturated rings. The molecule has 0 aromatic heterocycles. The zero-order chi connectivity index (χ0) is 12.6. The number of rotatable bonds is 8. The van der Waals surface area contributed by atoms with Crippen LogP contribution in [0.15, 0.2) is 0 Å². The van der Waals surface area contributed by atoms with Gasteiger partial charge in [-0.2, -0.15) is 12.6 Å². The van der Waals surface area contributed by atoms with E-state index < -0.39 is 0 Å². The van der Waals surface area contributed by atoms with Crippen LogP contribution in [-0.2, 0) is 14.3 Å². The highest BCUT2D eigenvalue weighted by Gasteiger charge is 2.18. The van der Waals surface area contributed by atoms with Gasteiger partial charge in [-0.3, -0.25) is 4.79 Å². The summed E-state index contributed by atoms with van der Waals surface area (Å²) in [5.41, 5.74) is -0.230. The van der Waals surface area contributed by atoms with Gasteiger partial charge in [0.2, 0.25) is 0 Å². The average molecular weight is 248 g/mol. The van der Waals surface area contributed by atoms with Crippen molar-refractivity contribution in [3.8, 4) is 0 Å². The molecule has 0 rings (SSSR count). The van der Waals surface area contributed by atoms with Gasteiger partial charge in [-0.1, -0.05) is 13.8 Å². The first kappa shape index (κ1) is 15.8. The van der Waals surface area contributed by atoms with Crippen LogP contribution in [-0.4, -0.2) is 30.5 Å². The van der Waals surface area contributed by atoms with E-state index in [1.54, 1.807) is 0 Å². The molecule has 0 radical (unpaired) electrons. The summed E-state index contributed by atoms with van der Waals surface area (Å²) < 4.78 is 10.7. The van der Waals surface area contributed by atoms with Crippen molar-refractivity contribution in [2.75, 3.05) is 19.0 Å². The van der Waals surface area contributed by atoms with Gasteiger partial charge in [0, 0.05) is 13.0 Å². The Labute approximate surface area is 104 Å². The summed E-state index contributed by atoms with van der Waals surface area (Å²) in [6.45, 7) is 9.53. The van der Waals surface area contributed by atoms with Crippen LogP contribution >= 0.6 is 12.6 Å². The highest BCUT2D eigenvalue weighted by atomic mass is 32.1. The normalized spacial score (nSPS) is 11.9. The summed E-state index contributed by atoms with van der Waals surface area (Å²) in [5, 5.41) is 0. The highest BCUT2D eigenvalue weighted by molar-refractivity contribution is 7.81. The van der Waals surface area contributed by atoms with E-state index in [4.69, 9.17) is 9.47 Å². The third-order valence-electron chi connectivity index (χ3n) is 2.28. The van der Waals surface area contributed by atoms with E-state index in [2.05, 4.69) is 26.5 Å². The number of hydrogen-bond donors (Lipinski definition) is 1. The van der Waals surface area contributed by atoms with Crippen LogP contribution < -0.4 is 0 Å². The first-order valence-electron chi connectivity index (χ1n) is 5.78. The van der Waals surface area contributed by atoms with E-state index in [-0.39, 0.29) is 17.3 Å². The predicted octanol–water partition coefficient (Wildman–Crippen LogP) is 2.69. The zero-order valence-corrected chi connectivity index (χ0v) is 11.7. The Morgan fingerprint density at radius 1 is 1.31 bits per heavy atom. The van der Waals surface area contributed by atoms with Crippen LogP contribution in [0.2, 0.25) is 0 Å². The fourth-order valence-corrected chi connectivity index (χ4v) is 1.19. The van der Waals surface area contributed by atoms with Gasteiger partial charge in [-0.25, -0.2) is 0 Å². The van der Waals surface area contributed by atoms with Crippen molar-refractivity contribution in [2.45, 2.75) is 46.1 Å². The quantitative estimate of drug-likeness (QED) is 0.530. The lowest BCUT2D eigenvalue weighted by Gasteiger charge is -2.25. The van der Waals surface area contributed by atoms with E-state index in [0.717, 1.165) is 13.0 Å². The lowest BCUT2D eigenvalue weighted by molar-refractivity contribution is -0.142. The summed E-state index contributed by atoms with van der Waals surface area (Å²) in [6.07, 6.45) is 1.77. The molecule has 0 aliphatic carbocycles. The molecule has 0 aromatic carbocycles. The monoisotopic (exact) mass is 248 g/mol. The molecule has 0 heterocycles. The lowest BCUT2D eigenvalue weighted by Crippen LogP contribution is -2.28. The fraction of sp³-hybridized carbons (Fsp3) is 0.917. The van der Waals surface area contributed by atoms with E-state index in [1.807, 2.05) is 13.8 Å². The number of thiol groups is 1. The summed E-state index contributed by atoms with van der Waals surface area (Å²) in [4.78, 5) is 10.9. The van der Waals surface area contributed by atoms with Gasteiger partial charge in [0.05, 0.1) is 18.0 Å². The largest absolute Gasteiger partial charge is 0.465 e. The fourth-order valence-electron chi connectivity index (χ4n) is 1.10. The van der Waals surface area contributed by atoms with Crippen molar-refractivity contribution >= 4 is 18.6 Å². The molecule has 0 bridgehead atoms. The molecule has 0 atom stereocenters. The first-order chi connectivity index (χ1) is 7.37. The van der Waals surface area contributed by atoms with Gasteiger partial charge >= 0.3 is 5.97 Å². The van der Waals surface area contributed by atoms with Crippen LogP contribution in [0.1, 0.15) is 40.5 Å². The third-order valence-corrected chi connectivity index (χ3v) is 2.54. The average Bonchev–Trinajstić information content (AvgIpc) is 2.16. The third kappa shape index (κ3) is 9.04. The van der Waals surface area contributed by atoms with Gasteiger partial charge < -0.3 is 9.47 Å². The number of carbonyl (C=O) groups excluding carboxylic acids is 1. The molecule has 4 heteroatoms. The Bertz CT molecular complexity index is 202. The summed E-state index contributed by atoms with van der Waals surface area (Å²) in [6, 6.07) is 0. The summed E-state index contributed by atoms with van der Waals surface area (Å²) >= 11 is 3.83. The minimum Gasteiger partial charge on any atom is -0.465 e. The van der Waals surface area contributed by atoms with Gasteiger partial charge in [0.15, 0.2) is 0 Å². The smallest absolute Gasteiger partial charge is 0.315 e. The van der Waals surface area contributed by atoms with Gasteiger partial charge in [0.1, 0.15) is 0 Å². The molecule has 0 N–H and O–H groups in total. The molecule has 0 amide bonds. The molecule has 0 unspecified atom stereocenters. The molecule has 0 saturated carbocycles. The zero-order valence-electron chi connectivity index (χ0n) is 10.8. The molecule has 0 aromatic rings. The number of esters is 1. The second kappa shape index (κ2) is 7.96. The summed E-state index contributed by atoms with van der Waals surface area (Å²) in [7, 11) is 0. The topological polar surface area (TPSA) is 35.5 Å². The van der Waals surface area contributed by atoms with Crippen molar-refractivity contribution in [2.24, 2.45) is 5.92 Å². The maximum Gasteiger partial charge on any atom is 0.315 e. The predicted molar refractivity (Wildman–Crippen MR) is 68.9 cm³/mol. The van der Waals surface area contributed by atoms with E-state index in [1.165, 1.54) is 0 Å². The van der Waals surface area contributed by atoms with Crippen molar-refractivity contribution < 1.29 is 14.3 Å². The van der Waals surface area contributed by atoms with E-state index in [9.17, 15) is 4.79 Å². The molecule has 0 aliphatic heterocycles. The maximum atomic E-state index is 10.9. The molecule has 96 valence electrons. The first-order valence-corrected chi connectivity index (χ1v) is 6.41. The molecule has 0 aliphatic rings. The molecule has 3 nitrogen and oxygen atoms in total. The van der Waals surface area contributed by atoms with Crippen LogP contribution in [0.3, 0.4) is 0 Å². The van der Waals surface area contributed by atoms with Gasteiger partial charge in [-0.15, -0.1) is 0 Å². The highest BCUT2D eigenvalue weighted by Crippen LogP contribution is 2.16. The Balaban J connectivity index is 3.65. The van der Waals surface area contributed by atoms with Crippen LogP contribution in [0, 0.1) is 5.92 Å². The second-order valence-electron chi connectivity index (χ2n) is 4.92. The Kier molecular flexibility index (Phi) is 7.85. The Morgan fingerprint density at radius 2 is 1.94 bits per heavy atom. The van der Waals surface area contributed by atoms with Gasteiger partial charge in [-0.05, 0) is 26.2 Å². The SMILES string of the molecule is CC(C)CCOC(C)(C)CCOC(=O)CS. The second-order valence-corrected chi connectivity index (χ2v) is 5.24. The molecular formula is C12H24O3S. The van der Waals surface area contributed by atoms with E-state index in [0.29, 0.717) is 18.9 Å². The molecule has 16 heavy (non-hydrogen) atoms. The van der Waals surface area contributed by atoms with Crippen molar-refractivity contribution in [3.63, 3.8) is 0 Å². The lowest BCUT2D eigenvalue weighted by atomic mass is 10.1. The maximum absolute atomic E-state index is 10.9.